The van der Waals surface area contributed by atoms with Crippen molar-refractivity contribution in [3.8, 4) is 11.5 Å². The lowest BCUT2D eigenvalue weighted by molar-refractivity contribution is -0.134. The molecule has 2 N–H and O–H groups in total. The maximum atomic E-state index is 12.9. The summed E-state index contributed by atoms with van der Waals surface area (Å²) in [5.41, 5.74) is 2.85. The lowest BCUT2D eigenvalue weighted by Crippen LogP contribution is -2.43. The maximum absolute atomic E-state index is 12.9. The van der Waals surface area contributed by atoms with Gasteiger partial charge in [0.25, 0.3) is 0 Å². The van der Waals surface area contributed by atoms with Crippen LogP contribution in [0.4, 0.5) is 5.69 Å². The van der Waals surface area contributed by atoms with E-state index >= 15 is 0 Å². The van der Waals surface area contributed by atoms with E-state index in [9.17, 15) is 9.59 Å². The number of anilines is 1. The Hall–Kier alpha value is -3.48. The van der Waals surface area contributed by atoms with Gasteiger partial charge in [0.15, 0.2) is 0 Å². The van der Waals surface area contributed by atoms with E-state index in [1.54, 1.807) is 32.4 Å². The Kier molecular flexibility index (Phi) is 6.63. The highest BCUT2D eigenvalue weighted by Gasteiger charge is 2.28. The number of rotatable bonds is 7. The van der Waals surface area contributed by atoms with Gasteiger partial charge in [-0.1, -0.05) is 18.2 Å². The zero-order valence-corrected chi connectivity index (χ0v) is 18.5. The summed E-state index contributed by atoms with van der Waals surface area (Å²) < 4.78 is 10.5. The molecule has 1 aromatic heterocycles. The number of aromatic nitrogens is 1. The van der Waals surface area contributed by atoms with E-state index in [1.165, 1.54) is 0 Å². The number of para-hydroxylation sites is 1. The Morgan fingerprint density at radius 1 is 1.12 bits per heavy atom. The fraction of sp³-hybridized carbons (Fsp3) is 0.360. The van der Waals surface area contributed by atoms with Crippen molar-refractivity contribution < 1.29 is 19.1 Å². The number of H-pyrrole nitrogens is 1. The number of carbonyl (C=O) groups is 2. The van der Waals surface area contributed by atoms with Gasteiger partial charge in [0.1, 0.15) is 11.5 Å². The third-order valence-corrected chi connectivity index (χ3v) is 6.05. The van der Waals surface area contributed by atoms with Crippen LogP contribution in [0.25, 0.3) is 10.9 Å². The van der Waals surface area contributed by atoms with Crippen molar-refractivity contribution in [3.63, 3.8) is 0 Å². The third kappa shape index (κ3) is 4.88. The fourth-order valence-corrected chi connectivity index (χ4v) is 4.28. The summed E-state index contributed by atoms with van der Waals surface area (Å²) in [6.45, 7) is 1.14. The normalized spacial score (nSPS) is 16.1. The molecule has 168 valence electrons. The summed E-state index contributed by atoms with van der Waals surface area (Å²) in [6.07, 6.45) is 4.67. The molecule has 4 rings (SSSR count). The van der Waals surface area contributed by atoms with Gasteiger partial charge in [-0.15, -0.1) is 0 Å². The first-order valence-corrected chi connectivity index (χ1v) is 10.9. The van der Waals surface area contributed by atoms with Gasteiger partial charge in [0.2, 0.25) is 11.8 Å². The molecule has 2 aromatic carbocycles. The Balaban J connectivity index is 1.35. The zero-order chi connectivity index (χ0) is 22.5. The van der Waals surface area contributed by atoms with Crippen molar-refractivity contribution >= 4 is 28.4 Å². The monoisotopic (exact) mass is 435 g/mol. The Labute approximate surface area is 187 Å². The van der Waals surface area contributed by atoms with Gasteiger partial charge < -0.3 is 24.7 Å². The average Bonchev–Trinajstić information content (AvgIpc) is 3.25. The average molecular weight is 436 g/mol. The SMILES string of the molecule is COc1cc(NC(=O)[C@@H]2CCCN(C(=O)CCc3c[nH]c4ccccc34)C2)cc(OC)c1. The molecule has 0 bridgehead atoms. The summed E-state index contributed by atoms with van der Waals surface area (Å²) in [6, 6.07) is 13.4. The van der Waals surface area contributed by atoms with Gasteiger partial charge in [-0.05, 0) is 30.9 Å². The van der Waals surface area contributed by atoms with E-state index in [0.29, 0.717) is 43.1 Å². The summed E-state index contributed by atoms with van der Waals surface area (Å²) in [5.74, 6) is 0.984. The minimum absolute atomic E-state index is 0.0885. The second-order valence-corrected chi connectivity index (χ2v) is 8.13. The van der Waals surface area contributed by atoms with Crippen molar-refractivity contribution in [3.05, 3.63) is 54.2 Å². The smallest absolute Gasteiger partial charge is 0.229 e. The number of hydrogen-bond donors (Lipinski definition) is 2. The molecule has 2 heterocycles. The second kappa shape index (κ2) is 9.77. The summed E-state index contributed by atoms with van der Waals surface area (Å²) in [4.78, 5) is 30.9. The number of nitrogens with one attached hydrogen (secondary N) is 2. The van der Waals surface area contributed by atoms with Crippen molar-refractivity contribution in [2.75, 3.05) is 32.6 Å². The number of likely N-dealkylation sites (tertiary alicyclic amines) is 1. The Morgan fingerprint density at radius 2 is 1.88 bits per heavy atom. The number of carbonyl (C=O) groups excluding carboxylic acids is 2. The first kappa shape index (κ1) is 21.7. The third-order valence-electron chi connectivity index (χ3n) is 6.05. The first-order valence-electron chi connectivity index (χ1n) is 10.9. The van der Waals surface area contributed by atoms with Crippen LogP contribution in [0, 0.1) is 5.92 Å². The number of aromatic amines is 1. The molecule has 1 atom stereocenters. The van der Waals surface area contributed by atoms with Crippen LogP contribution in [-0.2, 0) is 16.0 Å². The lowest BCUT2D eigenvalue weighted by atomic mass is 9.96. The number of piperidine rings is 1. The molecule has 0 unspecified atom stereocenters. The van der Waals surface area contributed by atoms with Crippen LogP contribution < -0.4 is 14.8 Å². The molecule has 7 nitrogen and oxygen atoms in total. The van der Waals surface area contributed by atoms with Crippen LogP contribution in [0.15, 0.2) is 48.7 Å². The molecule has 1 saturated heterocycles. The number of aryl methyl sites for hydroxylation is 1. The van der Waals surface area contributed by atoms with Gasteiger partial charge in [0, 0.05) is 60.5 Å². The van der Waals surface area contributed by atoms with Crippen molar-refractivity contribution in [2.24, 2.45) is 5.92 Å². The molecular formula is C25H29N3O4. The summed E-state index contributed by atoms with van der Waals surface area (Å²) in [7, 11) is 3.14. The maximum Gasteiger partial charge on any atom is 0.229 e. The van der Waals surface area contributed by atoms with Crippen LogP contribution in [0.5, 0.6) is 11.5 Å². The molecular weight excluding hydrogens is 406 g/mol. The molecule has 2 amide bonds. The molecule has 32 heavy (non-hydrogen) atoms. The molecule has 1 fully saturated rings. The minimum Gasteiger partial charge on any atom is -0.497 e. The molecule has 1 aliphatic heterocycles. The quantitative estimate of drug-likeness (QED) is 0.588. The van der Waals surface area contributed by atoms with Gasteiger partial charge >= 0.3 is 0 Å². The molecule has 0 aliphatic carbocycles. The lowest BCUT2D eigenvalue weighted by Gasteiger charge is -2.32. The predicted molar refractivity (Wildman–Crippen MR) is 124 cm³/mol. The summed E-state index contributed by atoms with van der Waals surface area (Å²) >= 11 is 0. The van der Waals surface area contributed by atoms with E-state index in [-0.39, 0.29) is 17.7 Å². The molecule has 3 aromatic rings. The van der Waals surface area contributed by atoms with Crippen molar-refractivity contribution in [1.82, 2.24) is 9.88 Å². The number of methoxy groups -OCH3 is 2. The van der Waals surface area contributed by atoms with Crippen molar-refractivity contribution in [2.45, 2.75) is 25.7 Å². The van der Waals surface area contributed by atoms with Crippen LogP contribution in [0.2, 0.25) is 0 Å². The number of ether oxygens (including phenoxy) is 2. The Bertz CT molecular complexity index is 1090. The van der Waals surface area contributed by atoms with Gasteiger partial charge in [-0.3, -0.25) is 9.59 Å². The predicted octanol–water partition coefficient (Wildman–Crippen LogP) is 4.00. The topological polar surface area (TPSA) is 83.7 Å². The summed E-state index contributed by atoms with van der Waals surface area (Å²) in [5, 5.41) is 4.11. The Morgan fingerprint density at radius 3 is 2.62 bits per heavy atom. The van der Waals surface area contributed by atoms with Crippen LogP contribution in [-0.4, -0.2) is 49.0 Å². The first-order chi connectivity index (χ1) is 15.6. The highest BCUT2D eigenvalue weighted by atomic mass is 16.5. The molecule has 0 saturated carbocycles. The van der Waals surface area contributed by atoms with Crippen LogP contribution >= 0.6 is 0 Å². The zero-order valence-electron chi connectivity index (χ0n) is 18.5. The van der Waals surface area contributed by atoms with Crippen LogP contribution in [0.1, 0.15) is 24.8 Å². The van der Waals surface area contributed by atoms with E-state index < -0.39 is 0 Å². The van der Waals surface area contributed by atoms with E-state index in [1.807, 2.05) is 29.3 Å². The largest absolute Gasteiger partial charge is 0.497 e. The number of nitrogens with zero attached hydrogens (tertiary/aromatic N) is 1. The van der Waals surface area contributed by atoms with Gasteiger partial charge in [-0.25, -0.2) is 0 Å². The van der Waals surface area contributed by atoms with Crippen LogP contribution in [0.3, 0.4) is 0 Å². The van der Waals surface area contributed by atoms with Gasteiger partial charge in [-0.2, -0.15) is 0 Å². The van der Waals surface area contributed by atoms with E-state index in [2.05, 4.69) is 16.4 Å². The minimum atomic E-state index is -0.238. The number of benzene rings is 2. The van der Waals surface area contributed by atoms with Gasteiger partial charge in [0.05, 0.1) is 20.1 Å². The highest BCUT2D eigenvalue weighted by molar-refractivity contribution is 5.93. The number of fused-ring (bicyclic) bond motifs is 1. The molecule has 7 heteroatoms. The fourth-order valence-electron chi connectivity index (χ4n) is 4.28. The highest BCUT2D eigenvalue weighted by Crippen LogP contribution is 2.27. The molecule has 0 spiro atoms. The van der Waals surface area contributed by atoms with E-state index in [0.717, 1.165) is 29.3 Å². The number of hydrogen-bond acceptors (Lipinski definition) is 4. The molecule has 1 aliphatic rings. The number of amides is 2. The second-order valence-electron chi connectivity index (χ2n) is 8.13. The molecule has 0 radical (unpaired) electrons. The van der Waals surface area contributed by atoms with E-state index in [4.69, 9.17) is 9.47 Å². The van der Waals surface area contributed by atoms with Crippen molar-refractivity contribution in [1.29, 1.82) is 0 Å². The standard InChI is InChI=1S/C25H29N3O4/c1-31-20-12-19(13-21(14-20)32-2)27-25(30)18-6-5-11-28(16-18)24(29)10-9-17-15-26-23-8-4-3-7-22(17)23/h3-4,7-8,12-15,18,26H,5-6,9-11,16H2,1-2H3,(H,27,30)/t18-/m1/s1.